The Balaban J connectivity index is 2.06. The zero-order chi connectivity index (χ0) is 14.4. The van der Waals surface area contributed by atoms with E-state index < -0.39 is 11.7 Å². The van der Waals surface area contributed by atoms with Gasteiger partial charge in [0.25, 0.3) is 5.91 Å². The summed E-state index contributed by atoms with van der Waals surface area (Å²) in [6.45, 7) is 0. The summed E-state index contributed by atoms with van der Waals surface area (Å²) in [5.74, 6) is -1.69. The highest BCUT2D eigenvalue weighted by molar-refractivity contribution is 6.45. The molecule has 5 heteroatoms. The fourth-order valence-corrected chi connectivity index (χ4v) is 1.50. The molecule has 0 bridgehead atoms. The number of aliphatic hydroxyl groups excluding tert-OH is 1. The molecule has 1 aromatic carbocycles. The van der Waals surface area contributed by atoms with Crippen LogP contribution in [0.5, 0.6) is 0 Å². The summed E-state index contributed by atoms with van der Waals surface area (Å²) in [7, 11) is 0. The molecule has 0 atom stereocenters. The molecule has 0 aliphatic heterocycles. The van der Waals surface area contributed by atoms with Gasteiger partial charge in [0.05, 0.1) is 0 Å². The molecule has 1 amide bonds. The molecule has 0 saturated heterocycles. The van der Waals surface area contributed by atoms with Crippen molar-refractivity contribution < 1.29 is 14.7 Å². The molecule has 1 heterocycles. The molecule has 100 valence electrons. The van der Waals surface area contributed by atoms with Gasteiger partial charge in [-0.1, -0.05) is 36.4 Å². The summed E-state index contributed by atoms with van der Waals surface area (Å²) in [5, 5.41) is 12.1. The van der Waals surface area contributed by atoms with Crippen molar-refractivity contribution in [2.45, 2.75) is 0 Å². The smallest absolute Gasteiger partial charge is 0.297 e. The summed E-state index contributed by atoms with van der Waals surface area (Å²) in [4.78, 5) is 27.1. The first kappa shape index (κ1) is 13.5. The van der Waals surface area contributed by atoms with Crippen LogP contribution in [0.15, 0.2) is 60.8 Å². The van der Waals surface area contributed by atoms with Crippen molar-refractivity contribution in [3.63, 3.8) is 0 Å². The molecular weight excluding hydrogens is 256 g/mol. The topological polar surface area (TPSA) is 79.3 Å². The number of aromatic nitrogens is 1. The van der Waals surface area contributed by atoms with E-state index in [1.807, 2.05) is 0 Å². The number of aliphatic hydroxyl groups is 1. The third-order valence-corrected chi connectivity index (χ3v) is 2.47. The number of hydrogen-bond donors (Lipinski definition) is 2. The van der Waals surface area contributed by atoms with Crippen molar-refractivity contribution in [1.82, 2.24) is 4.98 Å². The Hall–Kier alpha value is -2.95. The van der Waals surface area contributed by atoms with Gasteiger partial charge in [-0.2, -0.15) is 0 Å². The van der Waals surface area contributed by atoms with Gasteiger partial charge in [0, 0.05) is 17.8 Å². The second-order valence-corrected chi connectivity index (χ2v) is 3.93. The van der Waals surface area contributed by atoms with Gasteiger partial charge in [0.2, 0.25) is 5.78 Å². The van der Waals surface area contributed by atoms with Crippen molar-refractivity contribution in [1.29, 1.82) is 0 Å². The minimum Gasteiger partial charge on any atom is -0.507 e. The van der Waals surface area contributed by atoms with Crippen LogP contribution in [0.4, 0.5) is 5.82 Å². The molecule has 0 aliphatic rings. The number of amides is 1. The molecule has 0 saturated carbocycles. The summed E-state index contributed by atoms with van der Waals surface area (Å²) in [6.07, 6.45) is 2.38. The predicted molar refractivity (Wildman–Crippen MR) is 74.9 cm³/mol. The van der Waals surface area contributed by atoms with Crippen LogP contribution in [0, 0.1) is 0 Å². The van der Waals surface area contributed by atoms with Gasteiger partial charge in [-0.15, -0.1) is 0 Å². The maximum Gasteiger partial charge on any atom is 0.297 e. The summed E-state index contributed by atoms with van der Waals surface area (Å²) >= 11 is 0. The Morgan fingerprint density at radius 1 is 1.05 bits per heavy atom. The maximum atomic E-state index is 11.7. The molecule has 1 aromatic heterocycles. The monoisotopic (exact) mass is 268 g/mol. The molecule has 2 N–H and O–H groups in total. The zero-order valence-electron chi connectivity index (χ0n) is 10.5. The first-order valence-corrected chi connectivity index (χ1v) is 5.89. The minimum absolute atomic E-state index is 0.258. The Kier molecular flexibility index (Phi) is 4.24. The lowest BCUT2D eigenvalue weighted by Gasteiger charge is -2.02. The van der Waals surface area contributed by atoms with Crippen molar-refractivity contribution >= 4 is 23.3 Å². The Bertz CT molecular complexity index is 637. The van der Waals surface area contributed by atoms with Gasteiger partial charge < -0.3 is 10.4 Å². The van der Waals surface area contributed by atoms with Crippen LogP contribution >= 0.6 is 0 Å². The van der Waals surface area contributed by atoms with E-state index in [2.05, 4.69) is 10.3 Å². The van der Waals surface area contributed by atoms with E-state index in [9.17, 15) is 14.7 Å². The summed E-state index contributed by atoms with van der Waals surface area (Å²) in [5.41, 5.74) is 0.464. The minimum atomic E-state index is -0.855. The molecule has 20 heavy (non-hydrogen) atoms. The molecule has 0 fully saturated rings. The number of rotatable bonds is 4. The maximum absolute atomic E-state index is 11.7. The quantitative estimate of drug-likeness (QED) is 0.506. The Morgan fingerprint density at radius 3 is 2.40 bits per heavy atom. The summed E-state index contributed by atoms with van der Waals surface area (Å²) < 4.78 is 0. The molecule has 0 aliphatic carbocycles. The number of pyridine rings is 1. The Labute approximate surface area is 115 Å². The number of carbonyl (C=O) groups is 2. The predicted octanol–water partition coefficient (Wildman–Crippen LogP) is 2.19. The Morgan fingerprint density at radius 2 is 1.75 bits per heavy atom. The number of nitrogens with zero attached hydrogens (tertiary/aromatic N) is 1. The lowest BCUT2D eigenvalue weighted by Crippen LogP contribution is -2.21. The second kappa shape index (κ2) is 6.29. The largest absolute Gasteiger partial charge is 0.507 e. The second-order valence-electron chi connectivity index (χ2n) is 3.93. The zero-order valence-corrected chi connectivity index (χ0v) is 10.5. The van der Waals surface area contributed by atoms with Gasteiger partial charge in [0.1, 0.15) is 11.6 Å². The average Bonchev–Trinajstić information content (AvgIpc) is 2.49. The van der Waals surface area contributed by atoms with Crippen molar-refractivity contribution in [3.05, 3.63) is 66.4 Å². The fraction of sp³-hybridized carbons (Fsp3) is 0. The molecule has 5 nitrogen and oxygen atoms in total. The average molecular weight is 268 g/mol. The highest BCUT2D eigenvalue weighted by Crippen LogP contribution is 2.10. The first-order valence-electron chi connectivity index (χ1n) is 5.89. The van der Waals surface area contributed by atoms with Crippen LogP contribution in [0.2, 0.25) is 0 Å². The van der Waals surface area contributed by atoms with Gasteiger partial charge >= 0.3 is 0 Å². The fourth-order valence-electron chi connectivity index (χ4n) is 1.50. The molecule has 0 radical (unpaired) electrons. The van der Waals surface area contributed by atoms with Crippen LogP contribution in [0.25, 0.3) is 5.76 Å². The molecule has 2 rings (SSSR count). The van der Waals surface area contributed by atoms with E-state index >= 15 is 0 Å². The number of nitrogens with one attached hydrogen (secondary N) is 1. The molecule has 0 spiro atoms. The van der Waals surface area contributed by atoms with Crippen LogP contribution in [-0.2, 0) is 9.59 Å². The van der Waals surface area contributed by atoms with Crippen molar-refractivity contribution in [2.24, 2.45) is 0 Å². The standard InChI is InChI=1S/C15H12N2O3/c18-12(11-6-2-1-3-7-11)10-13(19)15(20)17-14-8-4-5-9-16-14/h1-10,18H,(H,16,17,20)/b12-10-. The van der Waals surface area contributed by atoms with E-state index in [-0.39, 0.29) is 11.6 Å². The molecular formula is C15H12N2O3. The third-order valence-electron chi connectivity index (χ3n) is 2.47. The highest BCUT2D eigenvalue weighted by Gasteiger charge is 2.13. The number of carbonyl (C=O) groups excluding carboxylic acids is 2. The third kappa shape index (κ3) is 3.52. The van der Waals surface area contributed by atoms with Crippen LogP contribution in [0.1, 0.15) is 5.56 Å². The van der Waals surface area contributed by atoms with Gasteiger partial charge in [-0.25, -0.2) is 4.98 Å². The van der Waals surface area contributed by atoms with Gasteiger partial charge in [0.15, 0.2) is 0 Å². The lowest BCUT2D eigenvalue weighted by molar-refractivity contribution is -0.132. The van der Waals surface area contributed by atoms with Crippen LogP contribution in [-0.4, -0.2) is 21.8 Å². The van der Waals surface area contributed by atoms with E-state index in [4.69, 9.17) is 0 Å². The summed E-state index contributed by atoms with van der Waals surface area (Å²) in [6, 6.07) is 13.4. The van der Waals surface area contributed by atoms with E-state index in [1.54, 1.807) is 48.5 Å². The van der Waals surface area contributed by atoms with E-state index in [0.29, 0.717) is 5.56 Å². The highest BCUT2D eigenvalue weighted by atomic mass is 16.3. The van der Waals surface area contributed by atoms with Crippen LogP contribution in [0.3, 0.4) is 0 Å². The van der Waals surface area contributed by atoms with E-state index in [1.165, 1.54) is 6.20 Å². The number of ketones is 1. The van der Waals surface area contributed by atoms with Crippen molar-refractivity contribution in [3.8, 4) is 0 Å². The first-order chi connectivity index (χ1) is 9.66. The van der Waals surface area contributed by atoms with Gasteiger partial charge in [-0.3, -0.25) is 9.59 Å². The van der Waals surface area contributed by atoms with Crippen LogP contribution < -0.4 is 5.32 Å². The lowest BCUT2D eigenvalue weighted by atomic mass is 10.1. The molecule has 2 aromatic rings. The van der Waals surface area contributed by atoms with Crippen molar-refractivity contribution in [2.75, 3.05) is 5.32 Å². The number of anilines is 1. The number of hydrogen-bond acceptors (Lipinski definition) is 4. The van der Waals surface area contributed by atoms with Gasteiger partial charge in [-0.05, 0) is 12.1 Å². The molecule has 0 unspecified atom stereocenters. The number of benzene rings is 1. The normalized spacial score (nSPS) is 10.9. The SMILES string of the molecule is O=C(/C=C(\O)c1ccccc1)C(=O)Nc1ccccn1. The van der Waals surface area contributed by atoms with E-state index in [0.717, 1.165) is 6.08 Å².